The van der Waals surface area contributed by atoms with Crippen LogP contribution < -0.4 is 5.32 Å². The molecule has 1 aliphatic heterocycles. The summed E-state index contributed by atoms with van der Waals surface area (Å²) < 4.78 is 6.00. The van der Waals surface area contributed by atoms with Crippen LogP contribution in [0.15, 0.2) is 65.3 Å². The second kappa shape index (κ2) is 7.97. The van der Waals surface area contributed by atoms with Crippen LogP contribution in [0, 0.1) is 0 Å². The Bertz CT molecular complexity index is 1150. The Balaban J connectivity index is 1.34. The van der Waals surface area contributed by atoms with Crippen molar-refractivity contribution in [1.82, 2.24) is 20.2 Å². The van der Waals surface area contributed by atoms with Crippen molar-refractivity contribution in [2.45, 2.75) is 32.1 Å². The SMILES string of the molecule is O=C(NCc1ccc(Cl)cc1)C1Cc2nc[nH]c2CN1Cc1cc2ccccc2o1. The van der Waals surface area contributed by atoms with E-state index >= 15 is 0 Å². The smallest absolute Gasteiger partial charge is 0.238 e. The topological polar surface area (TPSA) is 74.2 Å². The minimum atomic E-state index is -0.318. The minimum Gasteiger partial charge on any atom is -0.460 e. The van der Waals surface area contributed by atoms with Gasteiger partial charge in [-0.05, 0) is 29.8 Å². The summed E-state index contributed by atoms with van der Waals surface area (Å²) in [5.41, 5.74) is 3.86. The third-order valence-electron chi connectivity index (χ3n) is 5.51. The Labute approximate surface area is 178 Å². The average Bonchev–Trinajstić information content (AvgIpc) is 3.38. The molecule has 30 heavy (non-hydrogen) atoms. The van der Waals surface area contributed by atoms with Crippen LogP contribution in [0.1, 0.15) is 22.7 Å². The highest BCUT2D eigenvalue weighted by atomic mass is 35.5. The summed E-state index contributed by atoms with van der Waals surface area (Å²) >= 11 is 5.95. The minimum absolute atomic E-state index is 0.0188. The molecule has 5 rings (SSSR count). The predicted molar refractivity (Wildman–Crippen MR) is 115 cm³/mol. The molecular weight excluding hydrogens is 400 g/mol. The lowest BCUT2D eigenvalue weighted by molar-refractivity contribution is -0.127. The van der Waals surface area contributed by atoms with E-state index in [0.29, 0.717) is 31.1 Å². The summed E-state index contributed by atoms with van der Waals surface area (Å²) in [4.78, 5) is 22.8. The van der Waals surface area contributed by atoms with Crippen LogP contribution in [0.2, 0.25) is 5.02 Å². The van der Waals surface area contributed by atoms with Crippen molar-refractivity contribution in [2.24, 2.45) is 0 Å². The number of halogens is 1. The number of amides is 1. The Morgan fingerprint density at radius 1 is 1.23 bits per heavy atom. The van der Waals surface area contributed by atoms with E-state index < -0.39 is 0 Å². The van der Waals surface area contributed by atoms with Gasteiger partial charge in [-0.15, -0.1) is 0 Å². The first-order valence-corrected chi connectivity index (χ1v) is 10.3. The summed E-state index contributed by atoms with van der Waals surface area (Å²) in [6.07, 6.45) is 2.25. The van der Waals surface area contributed by atoms with Crippen molar-refractivity contribution >= 4 is 28.5 Å². The molecule has 4 aromatic rings. The first-order valence-electron chi connectivity index (χ1n) is 9.90. The van der Waals surface area contributed by atoms with Gasteiger partial charge in [-0.2, -0.15) is 0 Å². The van der Waals surface area contributed by atoms with Crippen LogP contribution in [-0.4, -0.2) is 26.8 Å². The number of para-hydroxylation sites is 1. The summed E-state index contributed by atoms with van der Waals surface area (Å²) in [6.45, 7) is 1.62. The first-order chi connectivity index (χ1) is 14.7. The Kier molecular flexibility index (Phi) is 5.02. The highest BCUT2D eigenvalue weighted by molar-refractivity contribution is 6.30. The van der Waals surface area contributed by atoms with Crippen molar-refractivity contribution in [3.8, 4) is 0 Å². The molecular formula is C23H21ClN4O2. The maximum atomic E-state index is 13.1. The zero-order valence-corrected chi connectivity index (χ0v) is 17.0. The zero-order valence-electron chi connectivity index (χ0n) is 16.3. The Morgan fingerprint density at radius 2 is 2.07 bits per heavy atom. The third kappa shape index (κ3) is 3.84. The molecule has 2 aromatic heterocycles. The molecule has 2 aromatic carbocycles. The fraction of sp³-hybridized carbons (Fsp3) is 0.217. The number of furan rings is 1. The van der Waals surface area contributed by atoms with Gasteiger partial charge in [-0.25, -0.2) is 4.98 Å². The van der Waals surface area contributed by atoms with Crippen LogP contribution in [0.5, 0.6) is 0 Å². The zero-order chi connectivity index (χ0) is 20.5. The van der Waals surface area contributed by atoms with E-state index in [0.717, 1.165) is 33.7 Å². The summed E-state index contributed by atoms with van der Waals surface area (Å²) in [5.74, 6) is 0.823. The van der Waals surface area contributed by atoms with Crippen LogP contribution in [-0.2, 0) is 30.8 Å². The molecule has 1 unspecified atom stereocenters. The normalized spacial score (nSPS) is 16.5. The molecule has 0 bridgehead atoms. The molecule has 1 aliphatic rings. The van der Waals surface area contributed by atoms with Gasteiger partial charge in [-0.1, -0.05) is 41.9 Å². The highest BCUT2D eigenvalue weighted by Gasteiger charge is 2.33. The molecule has 6 nitrogen and oxygen atoms in total. The van der Waals surface area contributed by atoms with Crippen LogP contribution in [0.25, 0.3) is 11.0 Å². The second-order valence-corrected chi connectivity index (χ2v) is 7.98. The van der Waals surface area contributed by atoms with Gasteiger partial charge < -0.3 is 14.7 Å². The first kappa shape index (κ1) is 18.9. The second-order valence-electron chi connectivity index (χ2n) is 7.55. The molecule has 0 saturated heterocycles. The van der Waals surface area contributed by atoms with E-state index in [1.807, 2.05) is 54.6 Å². The highest BCUT2D eigenvalue weighted by Crippen LogP contribution is 2.26. The van der Waals surface area contributed by atoms with E-state index in [-0.39, 0.29) is 11.9 Å². The number of nitrogens with one attached hydrogen (secondary N) is 2. The van der Waals surface area contributed by atoms with Crippen molar-refractivity contribution in [1.29, 1.82) is 0 Å². The molecule has 3 heterocycles. The lowest BCUT2D eigenvalue weighted by atomic mass is 10.0. The number of rotatable bonds is 5. The van der Waals surface area contributed by atoms with Crippen LogP contribution >= 0.6 is 11.6 Å². The van der Waals surface area contributed by atoms with E-state index in [4.69, 9.17) is 16.0 Å². The molecule has 0 saturated carbocycles. The standard InChI is InChI=1S/C23H21ClN4O2/c24-17-7-5-15(6-8-17)11-25-23(29)21-10-19-20(27-14-26-19)13-28(21)12-18-9-16-3-1-2-4-22(16)30-18/h1-9,14,21H,10-13H2,(H,25,29)(H,26,27). The number of aromatic amines is 1. The van der Waals surface area contributed by atoms with Crippen molar-refractivity contribution < 1.29 is 9.21 Å². The summed E-state index contributed by atoms with van der Waals surface area (Å²) in [6, 6.07) is 17.2. The van der Waals surface area contributed by atoms with Crippen LogP contribution in [0.3, 0.4) is 0 Å². The predicted octanol–water partition coefficient (Wildman–Crippen LogP) is 4.05. The molecule has 2 N–H and O–H groups in total. The number of nitrogens with zero attached hydrogens (tertiary/aromatic N) is 2. The number of benzene rings is 2. The van der Waals surface area contributed by atoms with Gasteiger partial charge in [0, 0.05) is 29.9 Å². The van der Waals surface area contributed by atoms with Gasteiger partial charge in [-0.3, -0.25) is 9.69 Å². The number of fused-ring (bicyclic) bond motifs is 2. The number of carbonyl (C=O) groups excluding carboxylic acids is 1. The van der Waals surface area contributed by atoms with Gasteiger partial charge in [0.1, 0.15) is 11.3 Å². The summed E-state index contributed by atoms with van der Waals surface area (Å²) in [5, 5.41) is 4.81. The monoisotopic (exact) mass is 420 g/mol. The summed E-state index contributed by atoms with van der Waals surface area (Å²) in [7, 11) is 0. The molecule has 152 valence electrons. The van der Waals surface area contributed by atoms with E-state index in [2.05, 4.69) is 20.2 Å². The molecule has 0 aliphatic carbocycles. The number of imidazole rings is 1. The van der Waals surface area contributed by atoms with E-state index in [9.17, 15) is 4.79 Å². The third-order valence-corrected chi connectivity index (χ3v) is 5.77. The fourth-order valence-corrected chi connectivity index (χ4v) is 4.06. The molecule has 1 atom stereocenters. The van der Waals surface area contributed by atoms with Gasteiger partial charge in [0.05, 0.1) is 30.3 Å². The van der Waals surface area contributed by atoms with E-state index in [1.54, 1.807) is 6.33 Å². The fourth-order valence-electron chi connectivity index (χ4n) is 3.94. The van der Waals surface area contributed by atoms with Gasteiger partial charge in [0.15, 0.2) is 0 Å². The lowest BCUT2D eigenvalue weighted by Gasteiger charge is -2.33. The Hall–Kier alpha value is -3.09. The lowest BCUT2D eigenvalue weighted by Crippen LogP contribution is -2.49. The average molecular weight is 421 g/mol. The van der Waals surface area contributed by atoms with Gasteiger partial charge in [0.25, 0.3) is 0 Å². The van der Waals surface area contributed by atoms with Crippen LogP contribution in [0.4, 0.5) is 0 Å². The number of H-pyrrole nitrogens is 1. The molecule has 7 heteroatoms. The van der Waals surface area contributed by atoms with E-state index in [1.165, 1.54) is 0 Å². The molecule has 0 fully saturated rings. The molecule has 0 radical (unpaired) electrons. The van der Waals surface area contributed by atoms with Crippen molar-refractivity contribution in [3.63, 3.8) is 0 Å². The number of aromatic nitrogens is 2. The largest absolute Gasteiger partial charge is 0.460 e. The number of hydrogen-bond acceptors (Lipinski definition) is 4. The molecule has 0 spiro atoms. The Morgan fingerprint density at radius 3 is 2.90 bits per heavy atom. The maximum Gasteiger partial charge on any atom is 0.238 e. The number of hydrogen-bond donors (Lipinski definition) is 2. The van der Waals surface area contributed by atoms with Gasteiger partial charge in [0.2, 0.25) is 5.91 Å². The molecule has 1 amide bonds. The number of carbonyl (C=O) groups is 1. The maximum absolute atomic E-state index is 13.1. The van der Waals surface area contributed by atoms with Gasteiger partial charge >= 0.3 is 0 Å². The quantitative estimate of drug-likeness (QED) is 0.510. The van der Waals surface area contributed by atoms with Crippen molar-refractivity contribution in [2.75, 3.05) is 0 Å². The van der Waals surface area contributed by atoms with Crippen molar-refractivity contribution in [3.05, 3.63) is 88.7 Å².